The lowest BCUT2D eigenvalue weighted by molar-refractivity contribution is -0.137. The Bertz CT molecular complexity index is 602. The van der Waals surface area contributed by atoms with E-state index in [1.54, 1.807) is 9.80 Å². The standard InChI is InChI=1S/C18H26N4O4/c23-17(21-9-11-25-12-10-21)14-26-16-3-1-15(2-4-16)13-19-5-7-22-8-6-20-18(22)24/h1-4,19H,5-14H2,(H,20,24). The highest BCUT2D eigenvalue weighted by molar-refractivity contribution is 5.77. The molecule has 0 spiro atoms. The highest BCUT2D eigenvalue weighted by atomic mass is 16.5. The Kier molecular flexibility index (Phi) is 6.68. The minimum atomic E-state index is -0.00927. The summed E-state index contributed by atoms with van der Waals surface area (Å²) in [4.78, 5) is 27.0. The van der Waals surface area contributed by atoms with E-state index in [0.29, 0.717) is 38.6 Å². The molecule has 8 heteroatoms. The number of nitrogens with zero attached hydrogens (tertiary/aromatic N) is 2. The fraction of sp³-hybridized carbons (Fsp3) is 0.556. The Morgan fingerprint density at radius 1 is 1.19 bits per heavy atom. The van der Waals surface area contributed by atoms with Crippen LogP contribution in [0.4, 0.5) is 4.79 Å². The number of hydrogen-bond acceptors (Lipinski definition) is 5. The monoisotopic (exact) mass is 362 g/mol. The number of carbonyl (C=O) groups excluding carboxylic acids is 2. The first-order valence-electron chi connectivity index (χ1n) is 9.03. The summed E-state index contributed by atoms with van der Waals surface area (Å²) in [5, 5.41) is 6.11. The molecule has 1 aromatic carbocycles. The van der Waals surface area contributed by atoms with Gasteiger partial charge >= 0.3 is 6.03 Å². The van der Waals surface area contributed by atoms with E-state index in [4.69, 9.17) is 9.47 Å². The summed E-state index contributed by atoms with van der Waals surface area (Å²) in [6.45, 7) is 6.18. The first kappa shape index (κ1) is 18.5. The normalized spacial score (nSPS) is 17.3. The third kappa shape index (κ3) is 5.34. The lowest BCUT2D eigenvalue weighted by Crippen LogP contribution is -2.42. The average Bonchev–Trinajstić information content (AvgIpc) is 3.10. The van der Waals surface area contributed by atoms with Gasteiger partial charge in [-0.25, -0.2) is 4.79 Å². The van der Waals surface area contributed by atoms with Crippen LogP contribution in [0.3, 0.4) is 0 Å². The third-order valence-corrected chi connectivity index (χ3v) is 4.48. The Hall–Kier alpha value is -2.32. The molecule has 0 atom stereocenters. The number of urea groups is 1. The van der Waals surface area contributed by atoms with E-state index < -0.39 is 0 Å². The first-order valence-corrected chi connectivity index (χ1v) is 9.03. The zero-order chi connectivity index (χ0) is 18.2. The molecule has 3 rings (SSSR count). The number of ether oxygens (including phenoxy) is 2. The van der Waals surface area contributed by atoms with Crippen LogP contribution < -0.4 is 15.4 Å². The summed E-state index contributed by atoms with van der Waals surface area (Å²) in [6.07, 6.45) is 0. The number of benzene rings is 1. The Labute approximate surface area is 153 Å². The molecule has 2 aliphatic heterocycles. The van der Waals surface area contributed by atoms with E-state index >= 15 is 0 Å². The molecular weight excluding hydrogens is 336 g/mol. The second-order valence-corrected chi connectivity index (χ2v) is 6.32. The number of nitrogens with one attached hydrogen (secondary N) is 2. The SMILES string of the molecule is O=C(COc1ccc(CNCCN2CCNC2=O)cc1)N1CCOCC1. The van der Waals surface area contributed by atoms with Gasteiger partial charge in [-0.05, 0) is 17.7 Å². The largest absolute Gasteiger partial charge is 0.484 e. The molecule has 0 radical (unpaired) electrons. The average molecular weight is 362 g/mol. The van der Waals surface area contributed by atoms with Crippen molar-refractivity contribution in [3.63, 3.8) is 0 Å². The highest BCUT2D eigenvalue weighted by Crippen LogP contribution is 2.12. The molecule has 2 saturated heterocycles. The quantitative estimate of drug-likeness (QED) is 0.638. The number of carbonyl (C=O) groups is 2. The molecule has 0 bridgehead atoms. The summed E-state index contributed by atoms with van der Waals surface area (Å²) < 4.78 is 10.8. The van der Waals surface area contributed by atoms with Crippen molar-refractivity contribution in [2.24, 2.45) is 0 Å². The minimum Gasteiger partial charge on any atom is -0.484 e. The van der Waals surface area contributed by atoms with Crippen molar-refractivity contribution in [2.45, 2.75) is 6.54 Å². The minimum absolute atomic E-state index is 0.00927. The molecule has 3 amide bonds. The van der Waals surface area contributed by atoms with Gasteiger partial charge in [-0.1, -0.05) is 12.1 Å². The van der Waals surface area contributed by atoms with Gasteiger partial charge < -0.3 is 29.9 Å². The van der Waals surface area contributed by atoms with Gasteiger partial charge in [-0.15, -0.1) is 0 Å². The van der Waals surface area contributed by atoms with Gasteiger partial charge in [0, 0.05) is 45.8 Å². The van der Waals surface area contributed by atoms with E-state index in [0.717, 1.165) is 31.7 Å². The fourth-order valence-corrected chi connectivity index (χ4v) is 2.92. The Morgan fingerprint density at radius 2 is 1.96 bits per heavy atom. The molecule has 26 heavy (non-hydrogen) atoms. The molecule has 2 N–H and O–H groups in total. The highest BCUT2D eigenvalue weighted by Gasteiger charge is 2.18. The summed E-state index contributed by atoms with van der Waals surface area (Å²) >= 11 is 0. The summed E-state index contributed by atoms with van der Waals surface area (Å²) in [5.74, 6) is 0.675. The molecule has 2 heterocycles. The number of morpholine rings is 1. The lowest BCUT2D eigenvalue weighted by atomic mass is 10.2. The van der Waals surface area contributed by atoms with Crippen LogP contribution in [0.25, 0.3) is 0 Å². The summed E-state index contributed by atoms with van der Waals surface area (Å²) in [7, 11) is 0. The van der Waals surface area contributed by atoms with Crippen LogP contribution in [0, 0.1) is 0 Å². The predicted molar refractivity (Wildman–Crippen MR) is 96.0 cm³/mol. The number of hydrogen-bond donors (Lipinski definition) is 2. The number of rotatable bonds is 8. The second-order valence-electron chi connectivity index (χ2n) is 6.32. The smallest absolute Gasteiger partial charge is 0.317 e. The van der Waals surface area contributed by atoms with Crippen molar-refractivity contribution >= 4 is 11.9 Å². The van der Waals surface area contributed by atoms with Gasteiger partial charge in [-0.2, -0.15) is 0 Å². The molecule has 8 nitrogen and oxygen atoms in total. The third-order valence-electron chi connectivity index (χ3n) is 4.48. The fourth-order valence-electron chi connectivity index (χ4n) is 2.92. The maximum absolute atomic E-state index is 12.0. The van der Waals surface area contributed by atoms with Crippen LogP contribution >= 0.6 is 0 Å². The van der Waals surface area contributed by atoms with Crippen molar-refractivity contribution in [1.29, 1.82) is 0 Å². The van der Waals surface area contributed by atoms with Crippen molar-refractivity contribution in [3.05, 3.63) is 29.8 Å². The van der Waals surface area contributed by atoms with Crippen LogP contribution in [-0.2, 0) is 16.1 Å². The summed E-state index contributed by atoms with van der Waals surface area (Å²) in [5.41, 5.74) is 1.13. The van der Waals surface area contributed by atoms with E-state index in [-0.39, 0.29) is 18.5 Å². The molecule has 1 aromatic rings. The van der Waals surface area contributed by atoms with Crippen molar-refractivity contribution in [1.82, 2.24) is 20.4 Å². The van der Waals surface area contributed by atoms with Crippen molar-refractivity contribution in [3.8, 4) is 5.75 Å². The second kappa shape index (κ2) is 9.40. The molecule has 142 valence electrons. The molecule has 0 aliphatic carbocycles. The molecule has 0 unspecified atom stereocenters. The van der Waals surface area contributed by atoms with Gasteiger partial charge in [-0.3, -0.25) is 4.79 Å². The van der Waals surface area contributed by atoms with Crippen LogP contribution in [0.15, 0.2) is 24.3 Å². The lowest BCUT2D eigenvalue weighted by Gasteiger charge is -2.26. The topological polar surface area (TPSA) is 83.1 Å². The van der Waals surface area contributed by atoms with Gasteiger partial charge in [0.1, 0.15) is 5.75 Å². The zero-order valence-electron chi connectivity index (χ0n) is 14.9. The van der Waals surface area contributed by atoms with Crippen LogP contribution in [0.2, 0.25) is 0 Å². The van der Waals surface area contributed by atoms with Gasteiger partial charge in [0.2, 0.25) is 0 Å². The van der Waals surface area contributed by atoms with Gasteiger partial charge in [0.15, 0.2) is 6.61 Å². The van der Waals surface area contributed by atoms with Crippen molar-refractivity contribution < 1.29 is 19.1 Å². The Morgan fingerprint density at radius 3 is 2.65 bits per heavy atom. The van der Waals surface area contributed by atoms with Crippen LogP contribution in [0.5, 0.6) is 5.75 Å². The predicted octanol–water partition coefficient (Wildman–Crippen LogP) is 0.0390. The van der Waals surface area contributed by atoms with E-state index in [1.807, 2.05) is 24.3 Å². The molecule has 0 saturated carbocycles. The summed E-state index contributed by atoms with van der Waals surface area (Å²) in [6, 6.07) is 7.71. The Balaban J connectivity index is 1.33. The molecule has 2 fully saturated rings. The van der Waals surface area contributed by atoms with Crippen LogP contribution in [-0.4, -0.2) is 80.8 Å². The van der Waals surface area contributed by atoms with Gasteiger partial charge in [0.05, 0.1) is 13.2 Å². The zero-order valence-corrected chi connectivity index (χ0v) is 14.9. The van der Waals surface area contributed by atoms with E-state index in [9.17, 15) is 9.59 Å². The maximum atomic E-state index is 12.0. The van der Waals surface area contributed by atoms with E-state index in [2.05, 4.69) is 10.6 Å². The van der Waals surface area contributed by atoms with Gasteiger partial charge in [0.25, 0.3) is 5.91 Å². The van der Waals surface area contributed by atoms with Crippen molar-refractivity contribution in [2.75, 3.05) is 59.1 Å². The molecule has 2 aliphatic rings. The maximum Gasteiger partial charge on any atom is 0.317 e. The molecule has 0 aromatic heterocycles. The first-order chi connectivity index (χ1) is 12.7. The molecular formula is C18H26N4O4. The van der Waals surface area contributed by atoms with E-state index in [1.165, 1.54) is 0 Å². The van der Waals surface area contributed by atoms with Crippen LogP contribution in [0.1, 0.15) is 5.56 Å². The number of amides is 3.